The molecule has 0 aliphatic rings. The summed E-state index contributed by atoms with van der Waals surface area (Å²) < 4.78 is 10.8. The van der Waals surface area contributed by atoms with E-state index in [9.17, 15) is 4.79 Å². The molecule has 2 aromatic rings. The zero-order valence-corrected chi connectivity index (χ0v) is 15.6. The van der Waals surface area contributed by atoms with Gasteiger partial charge in [-0.05, 0) is 37.1 Å². The van der Waals surface area contributed by atoms with Gasteiger partial charge in [-0.25, -0.2) is 0 Å². The van der Waals surface area contributed by atoms with Crippen LogP contribution in [-0.4, -0.2) is 29.8 Å². The average Bonchev–Trinajstić information content (AvgIpc) is 3.06. The molecular weight excluding hydrogens is 338 g/mol. The molecule has 0 spiro atoms. The van der Waals surface area contributed by atoms with Gasteiger partial charge in [0.1, 0.15) is 5.01 Å². The van der Waals surface area contributed by atoms with Crippen LogP contribution >= 0.6 is 11.3 Å². The van der Waals surface area contributed by atoms with Crippen LogP contribution in [0.2, 0.25) is 0 Å². The Kier molecular flexibility index (Phi) is 7.40. The van der Waals surface area contributed by atoms with Gasteiger partial charge in [-0.2, -0.15) is 0 Å². The number of nitrogens with one attached hydrogen (secondary N) is 1. The molecule has 134 valence electrons. The van der Waals surface area contributed by atoms with Crippen LogP contribution in [0.5, 0.6) is 11.5 Å². The van der Waals surface area contributed by atoms with Crippen LogP contribution in [0.25, 0.3) is 6.08 Å². The maximum absolute atomic E-state index is 12.0. The number of unbranched alkanes of at least 4 members (excludes halogenated alkanes) is 1. The van der Waals surface area contributed by atoms with E-state index in [1.165, 1.54) is 17.4 Å². The summed E-state index contributed by atoms with van der Waals surface area (Å²) in [5, 5.41) is 12.3. The molecule has 0 unspecified atom stereocenters. The molecule has 6 nitrogen and oxygen atoms in total. The second-order valence-corrected chi connectivity index (χ2v) is 6.33. The minimum absolute atomic E-state index is 0.244. The Bertz CT molecular complexity index is 728. The highest BCUT2D eigenvalue weighted by molar-refractivity contribution is 7.15. The molecule has 0 atom stereocenters. The molecule has 0 radical (unpaired) electrons. The number of methoxy groups -OCH3 is 1. The van der Waals surface area contributed by atoms with Crippen molar-refractivity contribution in [2.24, 2.45) is 0 Å². The zero-order chi connectivity index (χ0) is 18.1. The lowest BCUT2D eigenvalue weighted by atomic mass is 10.2. The smallest absolute Gasteiger partial charge is 0.250 e. The van der Waals surface area contributed by atoms with Gasteiger partial charge in [-0.15, -0.1) is 10.2 Å². The van der Waals surface area contributed by atoms with Crippen LogP contribution < -0.4 is 14.8 Å². The van der Waals surface area contributed by atoms with Gasteiger partial charge in [0.2, 0.25) is 11.0 Å². The third kappa shape index (κ3) is 5.86. The van der Waals surface area contributed by atoms with Crippen LogP contribution in [0.15, 0.2) is 24.3 Å². The van der Waals surface area contributed by atoms with Crippen molar-refractivity contribution in [1.29, 1.82) is 0 Å². The summed E-state index contributed by atoms with van der Waals surface area (Å²) in [5.74, 6) is 1.07. The molecule has 1 heterocycles. The fourth-order valence-corrected chi connectivity index (χ4v) is 2.90. The number of rotatable bonds is 9. The number of aryl methyl sites for hydroxylation is 1. The Hall–Kier alpha value is -2.41. The lowest BCUT2D eigenvalue weighted by Crippen LogP contribution is -2.07. The summed E-state index contributed by atoms with van der Waals surface area (Å²) in [6.45, 7) is 4.61. The molecule has 25 heavy (non-hydrogen) atoms. The molecule has 0 aliphatic heterocycles. The number of benzene rings is 1. The highest BCUT2D eigenvalue weighted by atomic mass is 32.1. The molecule has 0 bridgehead atoms. The van der Waals surface area contributed by atoms with Crippen molar-refractivity contribution < 1.29 is 14.3 Å². The highest BCUT2D eigenvalue weighted by Crippen LogP contribution is 2.28. The van der Waals surface area contributed by atoms with Crippen molar-refractivity contribution in [2.45, 2.75) is 33.1 Å². The van der Waals surface area contributed by atoms with E-state index in [0.29, 0.717) is 23.2 Å². The molecule has 7 heteroatoms. The Labute approximate surface area is 151 Å². The van der Waals surface area contributed by atoms with Crippen molar-refractivity contribution in [2.75, 3.05) is 19.0 Å². The normalized spacial score (nSPS) is 10.8. The standard InChI is InChI=1S/C18H23N3O3S/c1-4-6-7-17-20-21-18(25-17)19-16(22)11-9-13-8-10-14(24-5-2)15(12-13)23-3/h8-12H,4-7H2,1-3H3,(H,19,21,22)/b11-9+. The predicted octanol–water partition coefficient (Wildman–Crippen LogP) is 3.94. The summed E-state index contributed by atoms with van der Waals surface area (Å²) in [6.07, 6.45) is 6.25. The molecule has 1 N–H and O–H groups in total. The summed E-state index contributed by atoms with van der Waals surface area (Å²) in [6, 6.07) is 5.51. The first-order valence-corrected chi connectivity index (χ1v) is 9.10. The van der Waals surface area contributed by atoms with E-state index in [2.05, 4.69) is 22.4 Å². The van der Waals surface area contributed by atoms with E-state index >= 15 is 0 Å². The molecule has 0 saturated carbocycles. The van der Waals surface area contributed by atoms with Crippen molar-refractivity contribution >= 4 is 28.5 Å². The van der Waals surface area contributed by atoms with Crippen LogP contribution in [0, 0.1) is 0 Å². The topological polar surface area (TPSA) is 73.3 Å². The SMILES string of the molecule is CCCCc1nnc(NC(=O)/C=C/c2ccc(OCC)c(OC)c2)s1. The predicted molar refractivity (Wildman–Crippen MR) is 100 cm³/mol. The lowest BCUT2D eigenvalue weighted by Gasteiger charge is -2.09. The number of carbonyl (C=O) groups excluding carboxylic acids is 1. The third-order valence-electron chi connectivity index (χ3n) is 3.36. The minimum Gasteiger partial charge on any atom is -0.493 e. The molecule has 0 fully saturated rings. The number of nitrogens with zero attached hydrogens (tertiary/aromatic N) is 2. The maximum atomic E-state index is 12.0. The summed E-state index contributed by atoms with van der Waals surface area (Å²) in [4.78, 5) is 12.0. The second-order valence-electron chi connectivity index (χ2n) is 5.27. The third-order valence-corrected chi connectivity index (χ3v) is 4.25. The average molecular weight is 361 g/mol. The molecule has 1 amide bonds. The van der Waals surface area contributed by atoms with Gasteiger partial charge in [0.15, 0.2) is 11.5 Å². The summed E-state index contributed by atoms with van der Waals surface area (Å²) in [5.41, 5.74) is 0.844. The van der Waals surface area contributed by atoms with Crippen LogP contribution in [0.3, 0.4) is 0 Å². The van der Waals surface area contributed by atoms with Crippen LogP contribution in [-0.2, 0) is 11.2 Å². The van der Waals surface area contributed by atoms with E-state index in [1.54, 1.807) is 13.2 Å². The lowest BCUT2D eigenvalue weighted by molar-refractivity contribution is -0.111. The number of aromatic nitrogens is 2. The van der Waals surface area contributed by atoms with E-state index in [1.807, 2.05) is 25.1 Å². The van der Waals surface area contributed by atoms with E-state index < -0.39 is 0 Å². The monoisotopic (exact) mass is 361 g/mol. The van der Waals surface area contributed by atoms with Gasteiger partial charge in [0.25, 0.3) is 0 Å². The van der Waals surface area contributed by atoms with Gasteiger partial charge >= 0.3 is 0 Å². The number of hydrogen-bond acceptors (Lipinski definition) is 6. The van der Waals surface area contributed by atoms with Crippen molar-refractivity contribution in [1.82, 2.24) is 10.2 Å². The van der Waals surface area contributed by atoms with Crippen LogP contribution in [0.4, 0.5) is 5.13 Å². The van der Waals surface area contributed by atoms with Gasteiger partial charge in [0.05, 0.1) is 13.7 Å². The minimum atomic E-state index is -0.244. The number of amides is 1. The molecule has 0 aliphatic carbocycles. The summed E-state index contributed by atoms with van der Waals surface area (Å²) >= 11 is 1.41. The Morgan fingerprint density at radius 1 is 1.28 bits per heavy atom. The van der Waals surface area contributed by atoms with Gasteiger partial charge in [-0.3, -0.25) is 10.1 Å². The number of anilines is 1. The fraction of sp³-hybridized carbons (Fsp3) is 0.389. The van der Waals surface area contributed by atoms with E-state index in [-0.39, 0.29) is 5.91 Å². The number of ether oxygens (including phenoxy) is 2. The first-order valence-electron chi connectivity index (χ1n) is 8.28. The first kappa shape index (κ1) is 18.9. The molecule has 0 saturated heterocycles. The number of carbonyl (C=O) groups is 1. The van der Waals surface area contributed by atoms with Gasteiger partial charge in [-0.1, -0.05) is 30.7 Å². The zero-order valence-electron chi connectivity index (χ0n) is 14.7. The Balaban J connectivity index is 1.96. The molecular formula is C18H23N3O3S. The van der Waals surface area contributed by atoms with E-state index in [0.717, 1.165) is 29.8 Å². The molecule has 1 aromatic carbocycles. The Morgan fingerprint density at radius 2 is 2.12 bits per heavy atom. The second kappa shape index (κ2) is 9.78. The molecule has 2 rings (SSSR count). The van der Waals surface area contributed by atoms with E-state index in [4.69, 9.17) is 9.47 Å². The maximum Gasteiger partial charge on any atom is 0.250 e. The van der Waals surface area contributed by atoms with Crippen molar-refractivity contribution in [3.63, 3.8) is 0 Å². The quantitative estimate of drug-likeness (QED) is 0.685. The number of hydrogen-bond donors (Lipinski definition) is 1. The van der Waals surface area contributed by atoms with Gasteiger partial charge < -0.3 is 9.47 Å². The van der Waals surface area contributed by atoms with Crippen molar-refractivity contribution in [3.8, 4) is 11.5 Å². The van der Waals surface area contributed by atoms with Crippen molar-refractivity contribution in [3.05, 3.63) is 34.8 Å². The highest BCUT2D eigenvalue weighted by Gasteiger charge is 2.07. The molecule has 1 aromatic heterocycles. The summed E-state index contributed by atoms with van der Waals surface area (Å²) in [7, 11) is 1.59. The largest absolute Gasteiger partial charge is 0.493 e. The fourth-order valence-electron chi connectivity index (χ4n) is 2.11. The van der Waals surface area contributed by atoms with Crippen LogP contribution in [0.1, 0.15) is 37.3 Å². The first-order chi connectivity index (χ1) is 12.2. The van der Waals surface area contributed by atoms with Gasteiger partial charge in [0, 0.05) is 12.5 Å². The Morgan fingerprint density at radius 3 is 2.84 bits per heavy atom.